The maximum absolute atomic E-state index is 11.9. The molecule has 0 aromatic heterocycles. The van der Waals surface area contributed by atoms with Crippen LogP contribution in [0.1, 0.15) is 17.3 Å². The summed E-state index contributed by atoms with van der Waals surface area (Å²) in [6.07, 6.45) is -4.85. The first kappa shape index (κ1) is 12.6. The number of ketones is 1. The molecular formula is C9H7ClF3NO2. The molecule has 0 aliphatic carbocycles. The number of nitrogens with two attached hydrogens (primary N) is 1. The summed E-state index contributed by atoms with van der Waals surface area (Å²) in [6.45, 7) is 1.23. The number of nitrogen functional groups attached to an aromatic ring is 1. The van der Waals surface area contributed by atoms with E-state index >= 15 is 0 Å². The van der Waals surface area contributed by atoms with Gasteiger partial charge in [-0.05, 0) is 13.0 Å². The molecule has 0 bridgehead atoms. The Labute approximate surface area is 93.9 Å². The first-order valence-corrected chi connectivity index (χ1v) is 4.44. The van der Waals surface area contributed by atoms with Crippen LogP contribution in [0.2, 0.25) is 5.02 Å². The van der Waals surface area contributed by atoms with E-state index in [-0.39, 0.29) is 16.3 Å². The number of halogens is 4. The van der Waals surface area contributed by atoms with E-state index in [9.17, 15) is 18.0 Å². The van der Waals surface area contributed by atoms with Gasteiger partial charge in [-0.3, -0.25) is 4.79 Å². The molecule has 0 unspecified atom stereocenters. The van der Waals surface area contributed by atoms with Crippen LogP contribution in [0.5, 0.6) is 5.75 Å². The van der Waals surface area contributed by atoms with Crippen molar-refractivity contribution in [3.8, 4) is 5.75 Å². The Kier molecular flexibility index (Phi) is 3.32. The average molecular weight is 254 g/mol. The molecule has 0 saturated heterocycles. The number of rotatable bonds is 2. The third-order valence-electron chi connectivity index (χ3n) is 1.71. The van der Waals surface area contributed by atoms with Crippen LogP contribution in [-0.4, -0.2) is 12.1 Å². The molecule has 0 aliphatic rings. The van der Waals surface area contributed by atoms with Crippen LogP contribution in [-0.2, 0) is 0 Å². The topological polar surface area (TPSA) is 52.3 Å². The van der Waals surface area contributed by atoms with E-state index in [1.807, 2.05) is 0 Å². The summed E-state index contributed by atoms with van der Waals surface area (Å²) < 4.78 is 39.4. The highest BCUT2D eigenvalue weighted by molar-refractivity contribution is 6.32. The molecular weight excluding hydrogens is 247 g/mol. The fraction of sp³-hybridized carbons (Fsp3) is 0.222. The van der Waals surface area contributed by atoms with Crippen molar-refractivity contribution >= 4 is 23.1 Å². The molecule has 16 heavy (non-hydrogen) atoms. The standard InChI is InChI=1S/C9H7ClF3NO2/c1-4(15)5-2-6(10)8(3-7(5)14)16-9(11,12)13/h2-3H,14H2,1H3. The van der Waals surface area contributed by atoms with E-state index in [2.05, 4.69) is 4.74 Å². The van der Waals surface area contributed by atoms with Gasteiger partial charge in [0.1, 0.15) is 5.75 Å². The van der Waals surface area contributed by atoms with Gasteiger partial charge in [-0.15, -0.1) is 13.2 Å². The number of benzene rings is 1. The van der Waals surface area contributed by atoms with Crippen molar-refractivity contribution in [2.24, 2.45) is 0 Å². The molecule has 2 N–H and O–H groups in total. The molecule has 0 fully saturated rings. The van der Waals surface area contributed by atoms with Crippen molar-refractivity contribution < 1.29 is 22.7 Å². The average Bonchev–Trinajstić information content (AvgIpc) is 2.07. The lowest BCUT2D eigenvalue weighted by atomic mass is 10.1. The second-order valence-corrected chi connectivity index (χ2v) is 3.38. The van der Waals surface area contributed by atoms with Gasteiger partial charge < -0.3 is 10.5 Å². The minimum absolute atomic E-state index is 0.0551. The summed E-state index contributed by atoms with van der Waals surface area (Å²) in [7, 11) is 0. The van der Waals surface area contributed by atoms with Gasteiger partial charge in [0, 0.05) is 17.3 Å². The van der Waals surface area contributed by atoms with E-state index in [1.165, 1.54) is 6.92 Å². The molecule has 0 saturated carbocycles. The highest BCUT2D eigenvalue weighted by Gasteiger charge is 2.32. The van der Waals surface area contributed by atoms with Crippen LogP contribution >= 0.6 is 11.6 Å². The third-order valence-corrected chi connectivity index (χ3v) is 2.00. The van der Waals surface area contributed by atoms with E-state index in [1.54, 1.807) is 0 Å². The zero-order valence-corrected chi connectivity index (χ0v) is 8.82. The largest absolute Gasteiger partial charge is 0.573 e. The lowest BCUT2D eigenvalue weighted by Gasteiger charge is -2.12. The molecule has 1 aromatic rings. The molecule has 7 heteroatoms. The summed E-state index contributed by atoms with van der Waals surface area (Å²) in [5.74, 6) is -1.02. The quantitative estimate of drug-likeness (QED) is 0.651. The fourth-order valence-electron chi connectivity index (χ4n) is 1.08. The summed E-state index contributed by atoms with van der Waals surface area (Å²) >= 11 is 5.52. The van der Waals surface area contributed by atoms with Crippen LogP contribution < -0.4 is 10.5 Å². The molecule has 1 rings (SSSR count). The van der Waals surface area contributed by atoms with Gasteiger partial charge in [0.25, 0.3) is 0 Å². The number of alkyl halides is 3. The number of ether oxygens (including phenoxy) is 1. The van der Waals surface area contributed by atoms with E-state index in [4.69, 9.17) is 17.3 Å². The van der Waals surface area contributed by atoms with Crippen LogP contribution in [0.3, 0.4) is 0 Å². The molecule has 0 radical (unpaired) electrons. The van der Waals surface area contributed by atoms with Gasteiger partial charge >= 0.3 is 6.36 Å². The van der Waals surface area contributed by atoms with Crippen molar-refractivity contribution in [3.05, 3.63) is 22.7 Å². The Morgan fingerprint density at radius 1 is 1.44 bits per heavy atom. The van der Waals surface area contributed by atoms with Crippen molar-refractivity contribution in [2.75, 3.05) is 5.73 Å². The monoisotopic (exact) mass is 253 g/mol. The van der Waals surface area contributed by atoms with Gasteiger partial charge in [0.2, 0.25) is 0 Å². The summed E-state index contributed by atoms with van der Waals surface area (Å²) in [5, 5.41) is -0.322. The molecule has 0 aliphatic heterocycles. The normalized spacial score (nSPS) is 11.3. The lowest BCUT2D eigenvalue weighted by molar-refractivity contribution is -0.274. The second kappa shape index (κ2) is 4.21. The lowest BCUT2D eigenvalue weighted by Crippen LogP contribution is -2.17. The minimum atomic E-state index is -4.85. The maximum atomic E-state index is 11.9. The zero-order valence-electron chi connectivity index (χ0n) is 8.06. The van der Waals surface area contributed by atoms with Crippen LogP contribution in [0.15, 0.2) is 12.1 Å². The number of carbonyl (C=O) groups excluding carboxylic acids is 1. The van der Waals surface area contributed by atoms with Crippen molar-refractivity contribution in [2.45, 2.75) is 13.3 Å². The highest BCUT2D eigenvalue weighted by atomic mass is 35.5. The van der Waals surface area contributed by atoms with E-state index in [0.717, 1.165) is 12.1 Å². The van der Waals surface area contributed by atoms with Crippen LogP contribution in [0.4, 0.5) is 18.9 Å². The van der Waals surface area contributed by atoms with E-state index < -0.39 is 17.9 Å². The van der Waals surface area contributed by atoms with Gasteiger partial charge in [0.05, 0.1) is 5.02 Å². The minimum Gasteiger partial charge on any atom is -0.404 e. The molecule has 0 spiro atoms. The Hall–Kier alpha value is -1.43. The number of hydrogen-bond donors (Lipinski definition) is 1. The van der Waals surface area contributed by atoms with Crippen molar-refractivity contribution in [3.63, 3.8) is 0 Å². The first-order valence-electron chi connectivity index (χ1n) is 4.06. The highest BCUT2D eigenvalue weighted by Crippen LogP contribution is 2.33. The SMILES string of the molecule is CC(=O)c1cc(Cl)c(OC(F)(F)F)cc1N. The molecule has 0 heterocycles. The predicted molar refractivity (Wildman–Crippen MR) is 52.6 cm³/mol. The number of Topliss-reactive ketones (excluding diaryl/α,β-unsaturated/α-hetero) is 1. The smallest absolute Gasteiger partial charge is 0.404 e. The number of anilines is 1. The Morgan fingerprint density at radius 3 is 2.44 bits per heavy atom. The zero-order chi connectivity index (χ0) is 12.5. The number of hydrogen-bond acceptors (Lipinski definition) is 3. The van der Waals surface area contributed by atoms with Gasteiger partial charge in [-0.25, -0.2) is 0 Å². The van der Waals surface area contributed by atoms with Gasteiger partial charge in [-0.2, -0.15) is 0 Å². The summed E-state index contributed by atoms with van der Waals surface area (Å²) in [6, 6.07) is 1.91. The first-order chi connectivity index (χ1) is 7.20. The van der Waals surface area contributed by atoms with Crippen molar-refractivity contribution in [1.29, 1.82) is 0 Å². The number of carbonyl (C=O) groups is 1. The Bertz CT molecular complexity index is 431. The van der Waals surface area contributed by atoms with Crippen LogP contribution in [0.25, 0.3) is 0 Å². The Morgan fingerprint density at radius 2 is 2.00 bits per heavy atom. The molecule has 0 atom stereocenters. The molecule has 88 valence electrons. The van der Waals surface area contributed by atoms with Crippen LogP contribution in [0, 0.1) is 0 Å². The summed E-state index contributed by atoms with van der Waals surface area (Å²) in [5.41, 5.74) is 5.32. The van der Waals surface area contributed by atoms with Gasteiger partial charge in [0.15, 0.2) is 5.78 Å². The molecule has 3 nitrogen and oxygen atoms in total. The second-order valence-electron chi connectivity index (χ2n) is 2.97. The maximum Gasteiger partial charge on any atom is 0.573 e. The van der Waals surface area contributed by atoms with E-state index in [0.29, 0.717) is 0 Å². The fourth-order valence-corrected chi connectivity index (χ4v) is 1.28. The van der Waals surface area contributed by atoms with Crippen molar-refractivity contribution in [1.82, 2.24) is 0 Å². The molecule has 1 aromatic carbocycles. The Balaban J connectivity index is 3.16. The molecule has 0 amide bonds. The van der Waals surface area contributed by atoms with Gasteiger partial charge in [-0.1, -0.05) is 11.6 Å². The predicted octanol–water partition coefficient (Wildman–Crippen LogP) is 3.02. The third kappa shape index (κ3) is 3.03. The summed E-state index contributed by atoms with van der Waals surface area (Å²) in [4.78, 5) is 11.0.